The highest BCUT2D eigenvalue weighted by atomic mass is 32.2. The van der Waals surface area contributed by atoms with Gasteiger partial charge in [-0.25, -0.2) is 17.5 Å². The van der Waals surface area contributed by atoms with Crippen LogP contribution in [0.4, 0.5) is 4.39 Å². The number of benzene rings is 1. The Morgan fingerprint density at radius 1 is 1.47 bits per heavy atom. The molecule has 0 bridgehead atoms. The lowest BCUT2D eigenvalue weighted by Gasteiger charge is -2.12. The predicted octanol–water partition coefficient (Wildman–Crippen LogP) is 1.55. The second-order valence-corrected chi connectivity index (χ2v) is 6.62. The lowest BCUT2D eigenvalue weighted by molar-refractivity contribution is 0.538. The maximum atomic E-state index is 13.1. The molecule has 0 radical (unpaired) electrons. The molecule has 1 saturated heterocycles. The van der Waals surface area contributed by atoms with Crippen molar-refractivity contribution in [1.29, 1.82) is 0 Å². The molecule has 2 N–H and O–H groups in total. The molecule has 2 rings (SSSR count). The molecule has 1 fully saturated rings. The van der Waals surface area contributed by atoms with Crippen LogP contribution < -0.4 is 10.0 Å². The van der Waals surface area contributed by atoms with Crippen molar-refractivity contribution < 1.29 is 12.8 Å². The molecule has 4 nitrogen and oxygen atoms in total. The number of halogens is 1. The van der Waals surface area contributed by atoms with E-state index in [1.165, 1.54) is 12.1 Å². The van der Waals surface area contributed by atoms with Gasteiger partial charge >= 0.3 is 0 Å². The fraction of sp³-hybridized carbons (Fsp3) is 0.538. The molecular formula is C13H19FN2O2S. The Bertz CT molecular complexity index is 540. The van der Waals surface area contributed by atoms with Crippen molar-refractivity contribution in [3.63, 3.8) is 0 Å². The molecule has 1 heterocycles. The number of aryl methyl sites for hydroxylation is 1. The molecule has 0 aromatic heterocycles. The van der Waals surface area contributed by atoms with Gasteiger partial charge in [0.25, 0.3) is 0 Å². The molecule has 0 aliphatic carbocycles. The predicted molar refractivity (Wildman–Crippen MR) is 72.0 cm³/mol. The smallest absolute Gasteiger partial charge is 0.240 e. The van der Waals surface area contributed by atoms with Gasteiger partial charge in [0.05, 0.1) is 4.90 Å². The van der Waals surface area contributed by atoms with E-state index in [9.17, 15) is 12.8 Å². The van der Waals surface area contributed by atoms with Crippen molar-refractivity contribution in [3.05, 3.63) is 29.6 Å². The highest BCUT2D eigenvalue weighted by Gasteiger charge is 2.19. The molecule has 0 amide bonds. The molecule has 6 heteroatoms. The number of hydrogen-bond acceptors (Lipinski definition) is 3. The molecule has 0 spiro atoms. The van der Waals surface area contributed by atoms with Crippen LogP contribution in [0.15, 0.2) is 23.1 Å². The van der Waals surface area contributed by atoms with Gasteiger partial charge in [-0.1, -0.05) is 6.07 Å². The summed E-state index contributed by atoms with van der Waals surface area (Å²) in [7, 11) is -3.62. The number of hydrogen-bond donors (Lipinski definition) is 2. The Hall–Kier alpha value is -0.980. The highest BCUT2D eigenvalue weighted by molar-refractivity contribution is 7.89. The molecule has 0 saturated carbocycles. The summed E-state index contributed by atoms with van der Waals surface area (Å²) in [6.07, 6.45) is 2.98. The zero-order valence-corrected chi connectivity index (χ0v) is 11.8. The Kier molecular flexibility index (Phi) is 4.54. The fourth-order valence-corrected chi connectivity index (χ4v) is 3.61. The summed E-state index contributed by atoms with van der Waals surface area (Å²) in [6, 6.07) is 4.18. The van der Waals surface area contributed by atoms with E-state index in [4.69, 9.17) is 0 Å². The average molecular weight is 286 g/mol. The van der Waals surface area contributed by atoms with E-state index < -0.39 is 15.8 Å². The van der Waals surface area contributed by atoms with Crippen LogP contribution >= 0.6 is 0 Å². The van der Waals surface area contributed by atoms with Gasteiger partial charge in [0, 0.05) is 12.6 Å². The van der Waals surface area contributed by atoms with Gasteiger partial charge < -0.3 is 5.32 Å². The first-order chi connectivity index (χ1) is 8.99. The highest BCUT2D eigenvalue weighted by Crippen LogP contribution is 2.16. The molecule has 1 atom stereocenters. The van der Waals surface area contributed by atoms with E-state index in [-0.39, 0.29) is 4.90 Å². The molecule has 1 aromatic carbocycles. The van der Waals surface area contributed by atoms with Crippen LogP contribution in [0.3, 0.4) is 0 Å². The minimum Gasteiger partial charge on any atom is -0.314 e. The van der Waals surface area contributed by atoms with Crippen molar-refractivity contribution >= 4 is 10.0 Å². The maximum absolute atomic E-state index is 13.1. The minimum atomic E-state index is -3.62. The van der Waals surface area contributed by atoms with E-state index in [0.29, 0.717) is 18.2 Å². The summed E-state index contributed by atoms with van der Waals surface area (Å²) >= 11 is 0. The van der Waals surface area contributed by atoms with Gasteiger partial charge in [0.1, 0.15) is 5.82 Å². The van der Waals surface area contributed by atoms with Gasteiger partial charge in [-0.15, -0.1) is 0 Å². The topological polar surface area (TPSA) is 58.2 Å². The monoisotopic (exact) mass is 286 g/mol. The van der Waals surface area contributed by atoms with Crippen LogP contribution in [0.2, 0.25) is 0 Å². The Balaban J connectivity index is 1.99. The quantitative estimate of drug-likeness (QED) is 0.863. The Morgan fingerprint density at radius 2 is 2.26 bits per heavy atom. The van der Waals surface area contributed by atoms with Crippen molar-refractivity contribution in [2.75, 3.05) is 13.1 Å². The van der Waals surface area contributed by atoms with Crippen molar-refractivity contribution in [3.8, 4) is 0 Å². The molecule has 19 heavy (non-hydrogen) atoms. The van der Waals surface area contributed by atoms with Crippen LogP contribution in [0.1, 0.15) is 24.8 Å². The number of nitrogens with one attached hydrogen (secondary N) is 2. The molecule has 1 aromatic rings. The largest absolute Gasteiger partial charge is 0.314 e. The fourth-order valence-electron chi connectivity index (χ4n) is 2.31. The van der Waals surface area contributed by atoms with E-state index in [0.717, 1.165) is 31.9 Å². The lowest BCUT2D eigenvalue weighted by atomic mass is 10.2. The second kappa shape index (κ2) is 5.98. The van der Waals surface area contributed by atoms with E-state index in [2.05, 4.69) is 10.0 Å². The van der Waals surface area contributed by atoms with E-state index >= 15 is 0 Å². The molecule has 0 unspecified atom stereocenters. The van der Waals surface area contributed by atoms with Gasteiger partial charge in [-0.2, -0.15) is 0 Å². The first-order valence-electron chi connectivity index (χ1n) is 6.48. The SMILES string of the molecule is Cc1ccc(F)cc1S(=O)(=O)NCC[C@H]1CCCN1. The normalized spacial score (nSPS) is 19.8. The first-order valence-corrected chi connectivity index (χ1v) is 7.96. The van der Waals surface area contributed by atoms with E-state index in [1.54, 1.807) is 6.92 Å². The first kappa shape index (κ1) is 14.4. The van der Waals surface area contributed by atoms with Crippen LogP contribution in [0, 0.1) is 12.7 Å². The zero-order chi connectivity index (χ0) is 13.9. The summed E-state index contributed by atoms with van der Waals surface area (Å²) in [4.78, 5) is 0.0203. The van der Waals surface area contributed by atoms with Gasteiger partial charge in [0.15, 0.2) is 0 Å². The molecule has 106 valence electrons. The zero-order valence-electron chi connectivity index (χ0n) is 10.9. The number of sulfonamides is 1. The summed E-state index contributed by atoms with van der Waals surface area (Å²) in [5.74, 6) is -0.538. The van der Waals surface area contributed by atoms with Crippen molar-refractivity contribution in [1.82, 2.24) is 10.0 Å². The summed E-state index contributed by atoms with van der Waals surface area (Å²) in [5, 5.41) is 3.31. The summed E-state index contributed by atoms with van der Waals surface area (Å²) in [6.45, 7) is 3.03. The van der Waals surface area contributed by atoms with Crippen LogP contribution in [-0.4, -0.2) is 27.5 Å². The molecular weight excluding hydrogens is 267 g/mol. The van der Waals surface area contributed by atoms with Crippen LogP contribution in [0.25, 0.3) is 0 Å². The van der Waals surface area contributed by atoms with Crippen LogP contribution in [-0.2, 0) is 10.0 Å². The Morgan fingerprint density at radius 3 is 2.95 bits per heavy atom. The van der Waals surface area contributed by atoms with Crippen LogP contribution in [0.5, 0.6) is 0 Å². The summed E-state index contributed by atoms with van der Waals surface area (Å²) in [5.41, 5.74) is 0.549. The van der Waals surface area contributed by atoms with Crippen molar-refractivity contribution in [2.24, 2.45) is 0 Å². The third-order valence-electron chi connectivity index (χ3n) is 3.39. The Labute approximate surface area is 113 Å². The molecule has 1 aliphatic rings. The third kappa shape index (κ3) is 3.75. The minimum absolute atomic E-state index is 0.0203. The number of rotatable bonds is 5. The standard InChI is InChI=1S/C13H19FN2O2S/c1-10-4-5-11(14)9-13(10)19(17,18)16-8-6-12-3-2-7-15-12/h4-5,9,12,15-16H,2-3,6-8H2,1H3/t12-/m1/s1. The van der Waals surface area contributed by atoms with E-state index in [1.807, 2.05) is 0 Å². The average Bonchev–Trinajstić information content (AvgIpc) is 2.85. The van der Waals surface area contributed by atoms with Crippen molar-refractivity contribution in [2.45, 2.75) is 37.1 Å². The summed E-state index contributed by atoms with van der Waals surface area (Å²) < 4.78 is 39.8. The third-order valence-corrected chi connectivity index (χ3v) is 4.99. The lowest BCUT2D eigenvalue weighted by Crippen LogP contribution is -2.31. The second-order valence-electron chi connectivity index (χ2n) is 4.89. The van der Waals surface area contributed by atoms with Gasteiger partial charge in [-0.05, 0) is 50.4 Å². The molecule has 1 aliphatic heterocycles. The van der Waals surface area contributed by atoms with Gasteiger partial charge in [0.2, 0.25) is 10.0 Å². The van der Waals surface area contributed by atoms with Gasteiger partial charge in [-0.3, -0.25) is 0 Å². The maximum Gasteiger partial charge on any atom is 0.240 e.